The van der Waals surface area contributed by atoms with E-state index in [0.29, 0.717) is 12.3 Å². The monoisotopic (exact) mass is 234 g/mol. The molecule has 0 unspecified atom stereocenters. The fraction of sp³-hybridized carbons (Fsp3) is 0.167. The van der Waals surface area contributed by atoms with Gasteiger partial charge < -0.3 is 9.32 Å². The first-order valence-electron chi connectivity index (χ1n) is 5.06. The number of hydrogen-bond acceptors (Lipinski definition) is 3. The van der Waals surface area contributed by atoms with Crippen molar-refractivity contribution in [2.75, 3.05) is 7.05 Å². The van der Waals surface area contributed by atoms with Crippen LogP contribution < -0.4 is 0 Å². The third-order valence-electron chi connectivity index (χ3n) is 2.29. The smallest absolute Gasteiger partial charge is 0.254 e. The van der Waals surface area contributed by atoms with Gasteiger partial charge in [0.25, 0.3) is 5.91 Å². The maximum atomic E-state index is 12.9. The second-order valence-corrected chi connectivity index (χ2v) is 3.61. The fourth-order valence-electron chi connectivity index (χ4n) is 1.46. The van der Waals surface area contributed by atoms with Crippen LogP contribution >= 0.6 is 0 Å². The van der Waals surface area contributed by atoms with Crippen LogP contribution in [0.4, 0.5) is 4.39 Å². The highest BCUT2D eigenvalue weighted by Gasteiger charge is 2.13. The van der Waals surface area contributed by atoms with E-state index in [1.54, 1.807) is 25.4 Å². The van der Waals surface area contributed by atoms with Gasteiger partial charge in [-0.1, -0.05) is 0 Å². The molecule has 0 aliphatic rings. The van der Waals surface area contributed by atoms with Gasteiger partial charge in [0.05, 0.1) is 12.8 Å². The molecular weight excluding hydrogens is 223 g/mol. The van der Waals surface area contributed by atoms with E-state index in [0.717, 1.165) is 6.07 Å². The Morgan fingerprint density at radius 1 is 1.53 bits per heavy atom. The van der Waals surface area contributed by atoms with Crippen LogP contribution in [0.3, 0.4) is 0 Å². The van der Waals surface area contributed by atoms with Crippen LogP contribution in [0, 0.1) is 5.95 Å². The minimum Gasteiger partial charge on any atom is -0.467 e. The number of pyridine rings is 1. The zero-order chi connectivity index (χ0) is 12.3. The van der Waals surface area contributed by atoms with Gasteiger partial charge in [0.1, 0.15) is 5.76 Å². The van der Waals surface area contributed by atoms with Crippen molar-refractivity contribution in [2.24, 2.45) is 0 Å². The highest BCUT2D eigenvalue weighted by Crippen LogP contribution is 2.09. The van der Waals surface area contributed by atoms with E-state index in [1.165, 1.54) is 17.2 Å². The Hall–Kier alpha value is -2.17. The van der Waals surface area contributed by atoms with Gasteiger partial charge in [-0.15, -0.1) is 0 Å². The molecule has 4 nitrogen and oxygen atoms in total. The topological polar surface area (TPSA) is 46.3 Å². The molecule has 0 bridgehead atoms. The van der Waals surface area contributed by atoms with Gasteiger partial charge in [-0.2, -0.15) is 4.39 Å². The Bertz CT molecular complexity index is 511. The van der Waals surface area contributed by atoms with Gasteiger partial charge in [0.15, 0.2) is 0 Å². The van der Waals surface area contributed by atoms with Crippen LogP contribution in [0.1, 0.15) is 16.1 Å². The summed E-state index contributed by atoms with van der Waals surface area (Å²) in [6.07, 6.45) is 2.81. The third-order valence-corrected chi connectivity index (χ3v) is 2.29. The largest absolute Gasteiger partial charge is 0.467 e. The second kappa shape index (κ2) is 4.78. The van der Waals surface area contributed by atoms with Crippen molar-refractivity contribution in [2.45, 2.75) is 6.54 Å². The average Bonchev–Trinajstić information content (AvgIpc) is 2.80. The van der Waals surface area contributed by atoms with Crippen molar-refractivity contribution in [3.63, 3.8) is 0 Å². The van der Waals surface area contributed by atoms with Gasteiger partial charge in [0, 0.05) is 24.9 Å². The van der Waals surface area contributed by atoms with E-state index in [2.05, 4.69) is 4.98 Å². The average molecular weight is 234 g/mol. The zero-order valence-electron chi connectivity index (χ0n) is 9.26. The van der Waals surface area contributed by atoms with Gasteiger partial charge in [-0.25, -0.2) is 4.98 Å². The fourth-order valence-corrected chi connectivity index (χ4v) is 1.46. The normalized spacial score (nSPS) is 10.2. The lowest BCUT2D eigenvalue weighted by molar-refractivity contribution is 0.0774. The zero-order valence-corrected chi connectivity index (χ0v) is 9.26. The lowest BCUT2D eigenvalue weighted by Gasteiger charge is -2.15. The number of carbonyl (C=O) groups is 1. The molecule has 0 aromatic carbocycles. The van der Waals surface area contributed by atoms with E-state index in [9.17, 15) is 9.18 Å². The summed E-state index contributed by atoms with van der Waals surface area (Å²) in [5.41, 5.74) is 0.270. The Morgan fingerprint density at radius 2 is 2.35 bits per heavy atom. The Kier molecular flexibility index (Phi) is 3.18. The molecule has 2 aromatic heterocycles. The second-order valence-electron chi connectivity index (χ2n) is 3.61. The molecule has 2 heterocycles. The minimum absolute atomic E-state index is 0.270. The molecule has 0 aliphatic heterocycles. The summed E-state index contributed by atoms with van der Waals surface area (Å²) in [5, 5.41) is 0. The highest BCUT2D eigenvalue weighted by molar-refractivity contribution is 5.93. The molecule has 0 spiro atoms. The summed E-state index contributed by atoms with van der Waals surface area (Å²) in [6.45, 7) is 0.343. The van der Waals surface area contributed by atoms with E-state index >= 15 is 0 Å². The number of halogens is 1. The number of hydrogen-bond donors (Lipinski definition) is 0. The molecule has 1 amide bonds. The summed E-state index contributed by atoms with van der Waals surface area (Å²) >= 11 is 0. The molecule has 0 saturated heterocycles. The van der Waals surface area contributed by atoms with Crippen LogP contribution in [-0.2, 0) is 6.54 Å². The summed E-state index contributed by atoms with van der Waals surface area (Å²) < 4.78 is 18.0. The van der Waals surface area contributed by atoms with Crippen LogP contribution in [0.5, 0.6) is 0 Å². The Balaban J connectivity index is 2.09. The number of amides is 1. The van der Waals surface area contributed by atoms with Crippen molar-refractivity contribution < 1.29 is 13.6 Å². The van der Waals surface area contributed by atoms with Gasteiger partial charge in [-0.3, -0.25) is 4.79 Å². The van der Waals surface area contributed by atoms with Gasteiger partial charge in [0.2, 0.25) is 5.95 Å². The van der Waals surface area contributed by atoms with Crippen molar-refractivity contribution >= 4 is 5.91 Å². The van der Waals surface area contributed by atoms with Crippen molar-refractivity contribution in [3.8, 4) is 0 Å². The molecule has 17 heavy (non-hydrogen) atoms. The van der Waals surface area contributed by atoms with Gasteiger partial charge in [-0.05, 0) is 18.2 Å². The maximum absolute atomic E-state index is 12.9. The first-order valence-corrected chi connectivity index (χ1v) is 5.06. The molecule has 0 saturated carbocycles. The SMILES string of the molecule is CN(Cc1ccco1)C(=O)c1ccnc(F)c1. The number of rotatable bonds is 3. The molecule has 2 aromatic rings. The molecule has 0 aliphatic carbocycles. The summed E-state index contributed by atoms with van der Waals surface area (Å²) in [4.78, 5) is 16.8. The summed E-state index contributed by atoms with van der Waals surface area (Å²) in [7, 11) is 1.63. The molecule has 0 fully saturated rings. The van der Waals surface area contributed by atoms with Crippen LogP contribution in [0.2, 0.25) is 0 Å². The highest BCUT2D eigenvalue weighted by atomic mass is 19.1. The minimum atomic E-state index is -0.665. The number of carbonyl (C=O) groups excluding carboxylic acids is 1. The van der Waals surface area contributed by atoms with Crippen LogP contribution in [0.25, 0.3) is 0 Å². The van der Waals surface area contributed by atoms with Crippen molar-refractivity contribution in [3.05, 3.63) is 54.0 Å². The molecule has 5 heteroatoms. The van der Waals surface area contributed by atoms with E-state index in [1.807, 2.05) is 0 Å². The predicted octanol–water partition coefficient (Wildman–Crippen LogP) is 2.09. The molecule has 2 rings (SSSR count). The number of nitrogens with zero attached hydrogens (tertiary/aromatic N) is 2. The molecule has 0 N–H and O–H groups in total. The van der Waals surface area contributed by atoms with Crippen LogP contribution in [0.15, 0.2) is 41.1 Å². The van der Waals surface area contributed by atoms with Crippen LogP contribution in [-0.4, -0.2) is 22.8 Å². The van der Waals surface area contributed by atoms with E-state index in [-0.39, 0.29) is 11.5 Å². The van der Waals surface area contributed by atoms with Crippen molar-refractivity contribution in [1.29, 1.82) is 0 Å². The lowest BCUT2D eigenvalue weighted by atomic mass is 10.2. The number of furan rings is 1. The summed E-state index contributed by atoms with van der Waals surface area (Å²) in [5.74, 6) is -0.264. The Labute approximate surface area is 97.7 Å². The third kappa shape index (κ3) is 2.69. The first kappa shape index (κ1) is 11.3. The lowest BCUT2D eigenvalue weighted by Crippen LogP contribution is -2.26. The predicted molar refractivity (Wildman–Crippen MR) is 58.7 cm³/mol. The Morgan fingerprint density at radius 3 is 3.00 bits per heavy atom. The number of aromatic nitrogens is 1. The molecule has 0 atom stereocenters. The van der Waals surface area contributed by atoms with E-state index in [4.69, 9.17) is 4.42 Å². The molecule has 88 valence electrons. The molecule has 0 radical (unpaired) electrons. The van der Waals surface area contributed by atoms with E-state index < -0.39 is 5.95 Å². The van der Waals surface area contributed by atoms with Crippen molar-refractivity contribution in [1.82, 2.24) is 9.88 Å². The maximum Gasteiger partial charge on any atom is 0.254 e. The first-order chi connectivity index (χ1) is 8.16. The molecular formula is C12H11FN2O2. The standard InChI is InChI=1S/C12H11FN2O2/c1-15(8-10-3-2-6-17-10)12(16)9-4-5-14-11(13)7-9/h2-7H,8H2,1H3. The quantitative estimate of drug-likeness (QED) is 0.764. The summed E-state index contributed by atoms with van der Waals surface area (Å²) in [6, 6.07) is 6.11. The van der Waals surface area contributed by atoms with Gasteiger partial charge >= 0.3 is 0 Å².